The molecule has 0 radical (unpaired) electrons. The lowest BCUT2D eigenvalue weighted by Crippen LogP contribution is -2.27. The molecular formula is C15H28. The van der Waals surface area contributed by atoms with Crippen LogP contribution >= 0.6 is 0 Å². The molecule has 0 saturated heterocycles. The van der Waals surface area contributed by atoms with Crippen molar-refractivity contribution in [2.45, 2.75) is 84.0 Å². The van der Waals surface area contributed by atoms with E-state index < -0.39 is 0 Å². The Balaban J connectivity index is 2.06. The largest absolute Gasteiger partial charge is 0.0649 e. The van der Waals surface area contributed by atoms with Crippen molar-refractivity contribution in [3.63, 3.8) is 0 Å². The van der Waals surface area contributed by atoms with Crippen molar-refractivity contribution in [1.29, 1.82) is 0 Å². The molecule has 0 heteroatoms. The topological polar surface area (TPSA) is 0 Å². The summed E-state index contributed by atoms with van der Waals surface area (Å²) in [6.45, 7) is 2.44. The lowest BCUT2D eigenvalue weighted by Gasteiger charge is -2.40. The average Bonchev–Trinajstić information content (AvgIpc) is 2.16. The third-order valence-corrected chi connectivity index (χ3v) is 5.11. The Morgan fingerprint density at radius 3 is 2.00 bits per heavy atom. The van der Waals surface area contributed by atoms with Gasteiger partial charge in [0.05, 0.1) is 0 Å². The van der Waals surface area contributed by atoms with Gasteiger partial charge in [0.15, 0.2) is 0 Å². The van der Waals surface area contributed by atoms with Gasteiger partial charge in [-0.1, -0.05) is 64.7 Å². The summed E-state index contributed by atoms with van der Waals surface area (Å²) in [7, 11) is 0. The highest BCUT2D eigenvalue weighted by atomic mass is 14.4. The van der Waals surface area contributed by atoms with Crippen LogP contribution in [0.15, 0.2) is 0 Å². The molecule has 0 aromatic carbocycles. The lowest BCUT2D eigenvalue weighted by atomic mass is 9.66. The summed E-state index contributed by atoms with van der Waals surface area (Å²) in [5, 5.41) is 0. The van der Waals surface area contributed by atoms with E-state index in [1.54, 1.807) is 32.1 Å². The van der Waals surface area contributed by atoms with Crippen molar-refractivity contribution >= 4 is 0 Å². The zero-order valence-electron chi connectivity index (χ0n) is 10.6. The van der Waals surface area contributed by atoms with Crippen LogP contribution in [0.3, 0.4) is 0 Å². The second-order valence-electron chi connectivity index (χ2n) is 6.12. The first-order chi connectivity index (χ1) is 7.35. The van der Waals surface area contributed by atoms with Gasteiger partial charge in [0.2, 0.25) is 0 Å². The summed E-state index contributed by atoms with van der Waals surface area (Å²) in [4.78, 5) is 0. The van der Waals surface area contributed by atoms with Crippen molar-refractivity contribution in [3.8, 4) is 0 Å². The number of hydrogen-bond donors (Lipinski definition) is 0. The van der Waals surface area contributed by atoms with Crippen molar-refractivity contribution < 1.29 is 0 Å². The molecule has 88 valence electrons. The van der Waals surface area contributed by atoms with Crippen LogP contribution in [0.25, 0.3) is 0 Å². The molecule has 0 aromatic heterocycles. The van der Waals surface area contributed by atoms with E-state index in [1.807, 2.05) is 0 Å². The van der Waals surface area contributed by atoms with Crippen LogP contribution in [-0.2, 0) is 0 Å². The molecule has 2 aliphatic carbocycles. The summed E-state index contributed by atoms with van der Waals surface area (Å²) in [6, 6.07) is 0. The summed E-state index contributed by atoms with van der Waals surface area (Å²) in [5.74, 6) is 1.09. The molecule has 2 aliphatic rings. The van der Waals surface area contributed by atoms with Crippen molar-refractivity contribution in [3.05, 3.63) is 0 Å². The van der Waals surface area contributed by atoms with Gasteiger partial charge < -0.3 is 0 Å². The molecule has 2 fully saturated rings. The van der Waals surface area contributed by atoms with Gasteiger partial charge >= 0.3 is 0 Å². The molecule has 2 bridgehead atoms. The van der Waals surface area contributed by atoms with E-state index in [1.165, 1.54) is 44.9 Å². The van der Waals surface area contributed by atoms with Crippen LogP contribution in [-0.4, -0.2) is 0 Å². The van der Waals surface area contributed by atoms with E-state index in [9.17, 15) is 0 Å². The Morgan fingerprint density at radius 2 is 1.47 bits per heavy atom. The van der Waals surface area contributed by atoms with Gasteiger partial charge in [-0.15, -0.1) is 0 Å². The third kappa shape index (κ3) is 2.98. The molecule has 0 atom stereocenters. The maximum Gasteiger partial charge on any atom is -0.0297 e. The molecule has 0 amide bonds. The van der Waals surface area contributed by atoms with Gasteiger partial charge in [0.25, 0.3) is 0 Å². The SMILES string of the molecule is CCC12CCCCCC(CCCCC1)C2. The highest BCUT2D eigenvalue weighted by Crippen LogP contribution is 2.46. The van der Waals surface area contributed by atoms with E-state index >= 15 is 0 Å². The molecule has 2 saturated carbocycles. The Hall–Kier alpha value is 0. The first kappa shape index (κ1) is 11.5. The van der Waals surface area contributed by atoms with Gasteiger partial charge in [-0.05, 0) is 30.6 Å². The first-order valence-electron chi connectivity index (χ1n) is 7.35. The van der Waals surface area contributed by atoms with Gasteiger partial charge in [0.1, 0.15) is 0 Å². The van der Waals surface area contributed by atoms with E-state index in [4.69, 9.17) is 0 Å². The van der Waals surface area contributed by atoms with Crippen LogP contribution in [0.1, 0.15) is 84.0 Å². The molecule has 0 nitrogen and oxygen atoms in total. The summed E-state index contributed by atoms with van der Waals surface area (Å²) in [6.07, 6.45) is 18.3. The molecule has 2 rings (SSSR count). The predicted molar refractivity (Wildman–Crippen MR) is 67.0 cm³/mol. The maximum absolute atomic E-state index is 2.44. The summed E-state index contributed by atoms with van der Waals surface area (Å²) < 4.78 is 0. The molecule has 0 N–H and O–H groups in total. The van der Waals surface area contributed by atoms with Gasteiger partial charge in [-0.3, -0.25) is 0 Å². The van der Waals surface area contributed by atoms with E-state index in [0.29, 0.717) is 0 Å². The third-order valence-electron chi connectivity index (χ3n) is 5.11. The number of fused-ring (bicyclic) bond motifs is 2. The van der Waals surface area contributed by atoms with Gasteiger partial charge in [-0.2, -0.15) is 0 Å². The minimum absolute atomic E-state index is 0.769. The Morgan fingerprint density at radius 1 is 0.867 bits per heavy atom. The fourth-order valence-electron chi connectivity index (χ4n) is 4.01. The second kappa shape index (κ2) is 5.37. The Bertz CT molecular complexity index is 168. The minimum atomic E-state index is 0.769. The average molecular weight is 208 g/mol. The minimum Gasteiger partial charge on any atom is -0.0649 e. The van der Waals surface area contributed by atoms with E-state index in [0.717, 1.165) is 11.3 Å². The fourth-order valence-corrected chi connectivity index (χ4v) is 4.01. The Kier molecular flexibility index (Phi) is 4.11. The highest BCUT2D eigenvalue weighted by Gasteiger charge is 2.32. The molecule has 0 heterocycles. The second-order valence-corrected chi connectivity index (χ2v) is 6.12. The van der Waals surface area contributed by atoms with Crippen molar-refractivity contribution in [2.75, 3.05) is 0 Å². The summed E-state index contributed by atoms with van der Waals surface area (Å²) >= 11 is 0. The first-order valence-corrected chi connectivity index (χ1v) is 7.35. The van der Waals surface area contributed by atoms with Crippen LogP contribution in [0, 0.1) is 11.3 Å². The smallest absolute Gasteiger partial charge is 0.0297 e. The van der Waals surface area contributed by atoms with Crippen LogP contribution < -0.4 is 0 Å². The normalized spacial score (nSPS) is 38.6. The van der Waals surface area contributed by atoms with E-state index in [-0.39, 0.29) is 0 Å². The molecule has 0 aromatic rings. The molecule has 15 heavy (non-hydrogen) atoms. The van der Waals surface area contributed by atoms with Crippen LogP contribution in [0.4, 0.5) is 0 Å². The lowest BCUT2D eigenvalue weighted by molar-refractivity contribution is 0.123. The molecule has 0 aliphatic heterocycles. The quantitative estimate of drug-likeness (QED) is 0.547. The van der Waals surface area contributed by atoms with E-state index in [2.05, 4.69) is 6.92 Å². The zero-order valence-corrected chi connectivity index (χ0v) is 10.6. The van der Waals surface area contributed by atoms with Crippen LogP contribution in [0.5, 0.6) is 0 Å². The molecular weight excluding hydrogens is 180 g/mol. The van der Waals surface area contributed by atoms with Gasteiger partial charge in [0, 0.05) is 0 Å². The molecule has 0 spiro atoms. The van der Waals surface area contributed by atoms with Crippen molar-refractivity contribution in [1.82, 2.24) is 0 Å². The maximum atomic E-state index is 2.44. The Labute approximate surface area is 95.8 Å². The van der Waals surface area contributed by atoms with Crippen LogP contribution in [0.2, 0.25) is 0 Å². The molecule has 0 unspecified atom stereocenters. The summed E-state index contributed by atoms with van der Waals surface area (Å²) in [5.41, 5.74) is 0.769. The standard InChI is InChI=1S/C15H28/c1-2-15-11-7-3-5-9-14(13-15)10-6-4-8-12-15/h14H,2-13H2,1H3. The number of hydrogen-bond acceptors (Lipinski definition) is 0. The number of rotatable bonds is 1. The highest BCUT2D eigenvalue weighted by molar-refractivity contribution is 4.84. The monoisotopic (exact) mass is 208 g/mol. The fraction of sp³-hybridized carbons (Fsp3) is 1.00. The van der Waals surface area contributed by atoms with Gasteiger partial charge in [-0.25, -0.2) is 0 Å². The zero-order chi connectivity index (χ0) is 10.6. The van der Waals surface area contributed by atoms with Crippen molar-refractivity contribution in [2.24, 2.45) is 11.3 Å². The predicted octanol–water partition coefficient (Wildman–Crippen LogP) is 5.32.